The fraction of sp³-hybridized carbons (Fsp3) is 0.350. The Morgan fingerprint density at radius 3 is 2.79 bits per heavy atom. The molecule has 9 heteroatoms. The van der Waals surface area contributed by atoms with E-state index in [1.54, 1.807) is 16.7 Å². The van der Waals surface area contributed by atoms with Gasteiger partial charge in [-0.3, -0.25) is 4.79 Å². The van der Waals surface area contributed by atoms with E-state index in [9.17, 15) is 18.0 Å². The Bertz CT molecular complexity index is 1070. The molecular formula is C20H21N3O5S. The molecule has 0 unspecified atom stereocenters. The van der Waals surface area contributed by atoms with E-state index in [0.29, 0.717) is 0 Å². The third-order valence-corrected chi connectivity index (χ3v) is 6.30. The molecule has 0 aliphatic carbocycles. The monoisotopic (exact) mass is 415 g/mol. The summed E-state index contributed by atoms with van der Waals surface area (Å²) in [6.45, 7) is 3.73. The van der Waals surface area contributed by atoms with Crippen LogP contribution in [-0.4, -0.2) is 55.5 Å². The van der Waals surface area contributed by atoms with Crippen LogP contribution in [0.3, 0.4) is 0 Å². The van der Waals surface area contributed by atoms with E-state index in [4.69, 9.17) is 4.74 Å². The molecule has 1 aromatic carbocycles. The summed E-state index contributed by atoms with van der Waals surface area (Å²) in [5, 5.41) is 0. The van der Waals surface area contributed by atoms with Crippen LogP contribution in [0.5, 0.6) is 0 Å². The van der Waals surface area contributed by atoms with Crippen molar-refractivity contribution in [3.8, 4) is 0 Å². The van der Waals surface area contributed by atoms with Crippen molar-refractivity contribution in [3.05, 3.63) is 53.8 Å². The highest BCUT2D eigenvalue weighted by atomic mass is 32.2. The molecule has 4 rings (SSSR count). The van der Waals surface area contributed by atoms with Crippen LogP contribution in [-0.2, 0) is 30.8 Å². The second kappa shape index (κ2) is 7.14. The normalized spacial score (nSPS) is 22.9. The minimum atomic E-state index is -3.46. The van der Waals surface area contributed by atoms with E-state index >= 15 is 0 Å². The van der Waals surface area contributed by atoms with Crippen molar-refractivity contribution in [1.29, 1.82) is 0 Å². The predicted octanol–water partition coefficient (Wildman–Crippen LogP) is 1.39. The molecule has 2 atom stereocenters. The molecule has 0 aromatic heterocycles. The van der Waals surface area contributed by atoms with Crippen molar-refractivity contribution < 1.29 is 22.7 Å². The van der Waals surface area contributed by atoms with Gasteiger partial charge in [-0.1, -0.05) is 18.2 Å². The van der Waals surface area contributed by atoms with E-state index in [2.05, 4.69) is 4.40 Å². The lowest BCUT2D eigenvalue weighted by Gasteiger charge is -2.28. The number of benzene rings is 1. The van der Waals surface area contributed by atoms with Crippen LogP contribution in [0.15, 0.2) is 52.6 Å². The van der Waals surface area contributed by atoms with Crippen LogP contribution in [0.2, 0.25) is 0 Å². The molecule has 0 bridgehead atoms. The summed E-state index contributed by atoms with van der Waals surface area (Å²) in [7, 11) is -3.46. The summed E-state index contributed by atoms with van der Waals surface area (Å²) >= 11 is 0. The third-order valence-electron chi connectivity index (χ3n) is 5.14. The number of hydrogen-bond acceptors (Lipinski definition) is 6. The Balaban J connectivity index is 1.46. The van der Waals surface area contributed by atoms with E-state index in [1.807, 2.05) is 31.2 Å². The van der Waals surface area contributed by atoms with Crippen molar-refractivity contribution in [2.24, 2.45) is 4.40 Å². The summed E-state index contributed by atoms with van der Waals surface area (Å²) in [6, 6.07) is 7.69. The molecule has 8 nitrogen and oxygen atoms in total. The lowest BCUT2D eigenvalue weighted by atomic mass is 10.1. The first-order valence-corrected chi connectivity index (χ1v) is 11.0. The molecule has 3 aliphatic rings. The molecule has 29 heavy (non-hydrogen) atoms. The van der Waals surface area contributed by atoms with E-state index < -0.39 is 22.1 Å². The van der Waals surface area contributed by atoms with Crippen molar-refractivity contribution in [3.63, 3.8) is 0 Å². The Labute approximate surface area is 169 Å². The topological polar surface area (TPSA) is 96.3 Å². The zero-order valence-electron chi connectivity index (χ0n) is 16.1. The predicted molar refractivity (Wildman–Crippen MR) is 108 cm³/mol. The Kier molecular flexibility index (Phi) is 4.77. The standard InChI is InChI=1S/C20H21N3O5S/c1-13-11-15-5-3-4-6-17(15)23(13)19(24)14(2)28-20(25)16-7-8-18-21-29(26,27)10-9-22(18)12-16/h3-8,12-14H,9-11H2,1-2H3/t13-,14+/m1/s1. The van der Waals surface area contributed by atoms with Crippen molar-refractivity contribution in [2.75, 3.05) is 17.2 Å². The molecule has 1 aromatic rings. The van der Waals surface area contributed by atoms with Gasteiger partial charge in [0.1, 0.15) is 5.84 Å². The molecule has 0 N–H and O–H groups in total. The maximum Gasteiger partial charge on any atom is 0.340 e. The fourth-order valence-corrected chi connectivity index (χ4v) is 4.67. The SMILES string of the molecule is C[C@H](OC(=O)C1=CN2CCS(=O)(=O)N=C2C=C1)C(=O)N1c2ccccc2C[C@H]1C. The number of carbonyl (C=O) groups is 2. The van der Waals surface area contributed by atoms with Gasteiger partial charge in [0.2, 0.25) is 0 Å². The van der Waals surface area contributed by atoms with Crippen molar-refractivity contribution in [2.45, 2.75) is 32.4 Å². The second-order valence-corrected chi connectivity index (χ2v) is 9.04. The van der Waals surface area contributed by atoms with Gasteiger partial charge in [0.05, 0.1) is 11.3 Å². The quantitative estimate of drug-likeness (QED) is 0.693. The van der Waals surface area contributed by atoms with Crippen LogP contribution in [0, 0.1) is 0 Å². The maximum absolute atomic E-state index is 13.0. The molecule has 3 heterocycles. The highest BCUT2D eigenvalue weighted by molar-refractivity contribution is 7.90. The number of sulfonamides is 1. The molecule has 0 fully saturated rings. The lowest BCUT2D eigenvalue weighted by Crippen LogP contribution is -2.43. The van der Waals surface area contributed by atoms with Gasteiger partial charge in [-0.25, -0.2) is 13.2 Å². The van der Waals surface area contributed by atoms with Gasteiger partial charge < -0.3 is 14.5 Å². The van der Waals surface area contributed by atoms with Crippen LogP contribution in [0.25, 0.3) is 0 Å². The number of amidine groups is 1. The number of para-hydroxylation sites is 1. The van der Waals surface area contributed by atoms with E-state index in [1.165, 1.54) is 18.4 Å². The number of anilines is 1. The number of carbonyl (C=O) groups excluding carboxylic acids is 2. The van der Waals surface area contributed by atoms with Crippen LogP contribution in [0.4, 0.5) is 5.69 Å². The zero-order valence-corrected chi connectivity index (χ0v) is 16.9. The number of hydrogen-bond donors (Lipinski definition) is 0. The second-order valence-electron chi connectivity index (χ2n) is 7.28. The number of esters is 1. The van der Waals surface area contributed by atoms with Crippen molar-refractivity contribution >= 4 is 33.4 Å². The van der Waals surface area contributed by atoms with Crippen LogP contribution < -0.4 is 4.90 Å². The van der Waals surface area contributed by atoms with E-state index in [-0.39, 0.29) is 35.7 Å². The lowest BCUT2D eigenvalue weighted by molar-refractivity contribution is -0.150. The molecule has 0 saturated carbocycles. The summed E-state index contributed by atoms with van der Waals surface area (Å²) in [5.74, 6) is -0.777. The minimum Gasteiger partial charge on any atom is -0.449 e. The Hall–Kier alpha value is -2.94. The average molecular weight is 415 g/mol. The highest BCUT2D eigenvalue weighted by Crippen LogP contribution is 2.32. The summed E-state index contributed by atoms with van der Waals surface area (Å²) < 4.78 is 32.2. The van der Waals surface area contributed by atoms with Gasteiger partial charge in [0.15, 0.2) is 6.10 Å². The van der Waals surface area contributed by atoms with Gasteiger partial charge in [-0.05, 0) is 44.1 Å². The molecule has 0 radical (unpaired) electrons. The largest absolute Gasteiger partial charge is 0.449 e. The number of ether oxygens (including phenoxy) is 1. The fourth-order valence-electron chi connectivity index (χ4n) is 3.70. The maximum atomic E-state index is 13.0. The van der Waals surface area contributed by atoms with Gasteiger partial charge in [-0.15, -0.1) is 4.40 Å². The number of nitrogens with zero attached hydrogens (tertiary/aromatic N) is 3. The number of amides is 1. The smallest absolute Gasteiger partial charge is 0.340 e. The van der Waals surface area contributed by atoms with Crippen molar-refractivity contribution in [1.82, 2.24) is 4.90 Å². The molecular weight excluding hydrogens is 394 g/mol. The molecule has 3 aliphatic heterocycles. The number of rotatable bonds is 3. The summed E-state index contributed by atoms with van der Waals surface area (Å²) in [4.78, 5) is 28.8. The minimum absolute atomic E-state index is 0.0103. The zero-order chi connectivity index (χ0) is 20.8. The summed E-state index contributed by atoms with van der Waals surface area (Å²) in [6.07, 6.45) is 4.21. The number of fused-ring (bicyclic) bond motifs is 2. The first-order valence-electron chi connectivity index (χ1n) is 9.36. The Morgan fingerprint density at radius 2 is 2.00 bits per heavy atom. The first-order chi connectivity index (χ1) is 13.7. The van der Waals surface area contributed by atoms with Gasteiger partial charge in [0, 0.05) is 24.5 Å². The first kappa shape index (κ1) is 19.4. The van der Waals surface area contributed by atoms with Crippen LogP contribution in [0.1, 0.15) is 19.4 Å². The van der Waals surface area contributed by atoms with Gasteiger partial charge in [-0.2, -0.15) is 0 Å². The molecule has 1 amide bonds. The Morgan fingerprint density at radius 1 is 1.24 bits per heavy atom. The summed E-state index contributed by atoms with van der Waals surface area (Å²) in [5.41, 5.74) is 2.18. The average Bonchev–Trinajstić information content (AvgIpc) is 3.01. The molecule has 0 saturated heterocycles. The highest BCUT2D eigenvalue weighted by Gasteiger charge is 2.35. The van der Waals surface area contributed by atoms with E-state index in [0.717, 1.165) is 17.7 Å². The van der Waals surface area contributed by atoms with Gasteiger partial charge in [0.25, 0.3) is 15.9 Å². The third kappa shape index (κ3) is 3.69. The van der Waals surface area contributed by atoms with Crippen LogP contribution >= 0.6 is 0 Å². The molecule has 0 spiro atoms. The van der Waals surface area contributed by atoms with Gasteiger partial charge >= 0.3 is 5.97 Å². The molecule has 152 valence electrons.